The molecule has 1 aromatic heterocycles. The maximum Gasteiger partial charge on any atom is 0.105 e. The summed E-state index contributed by atoms with van der Waals surface area (Å²) in [4.78, 5) is 0. The molecule has 0 aliphatic heterocycles. The van der Waals surface area contributed by atoms with Crippen LogP contribution in [0.1, 0.15) is 48.6 Å². The molecule has 1 unspecified atom stereocenters. The first kappa shape index (κ1) is 14.4. The molecule has 0 amide bonds. The van der Waals surface area contributed by atoms with E-state index < -0.39 is 0 Å². The first-order valence-electron chi connectivity index (χ1n) is 6.56. The highest BCUT2D eigenvalue weighted by atomic mass is 79.9. The van der Waals surface area contributed by atoms with Crippen LogP contribution >= 0.6 is 15.9 Å². The maximum absolute atomic E-state index is 5.59. The van der Waals surface area contributed by atoms with Crippen molar-refractivity contribution in [2.75, 3.05) is 0 Å². The number of benzene rings is 1. The molecule has 2 atom stereocenters. The third kappa shape index (κ3) is 3.48. The molecule has 1 N–H and O–H groups in total. The van der Waals surface area contributed by atoms with Crippen molar-refractivity contribution in [3.8, 4) is 0 Å². The van der Waals surface area contributed by atoms with Crippen LogP contribution < -0.4 is 5.32 Å². The molecule has 1 aromatic carbocycles. The van der Waals surface area contributed by atoms with Crippen LogP contribution in [0.3, 0.4) is 0 Å². The highest BCUT2D eigenvalue weighted by molar-refractivity contribution is 9.10. The Hall–Kier alpha value is -1.06. The van der Waals surface area contributed by atoms with Gasteiger partial charge in [-0.2, -0.15) is 0 Å². The lowest BCUT2D eigenvalue weighted by molar-refractivity contribution is 0.469. The van der Waals surface area contributed by atoms with Gasteiger partial charge in [-0.1, -0.05) is 28.1 Å². The van der Waals surface area contributed by atoms with Crippen molar-refractivity contribution in [1.29, 1.82) is 0 Å². The van der Waals surface area contributed by atoms with Gasteiger partial charge < -0.3 is 9.73 Å². The number of furan rings is 1. The summed E-state index contributed by atoms with van der Waals surface area (Å²) < 4.78 is 6.71. The normalized spacial score (nSPS) is 14.4. The van der Waals surface area contributed by atoms with Crippen molar-refractivity contribution < 1.29 is 4.42 Å². The Morgan fingerprint density at radius 1 is 1.11 bits per heavy atom. The molecule has 0 bridgehead atoms. The van der Waals surface area contributed by atoms with Gasteiger partial charge in [0.2, 0.25) is 0 Å². The largest absolute Gasteiger partial charge is 0.466 e. The SMILES string of the molecule is Cc1cc(C(C)N[C@H](C)c2cccc(Br)c2)c(C)o1. The number of nitrogens with one attached hydrogen (secondary N) is 1. The molecule has 2 aromatic rings. The molecule has 0 aliphatic carbocycles. The molecule has 0 fully saturated rings. The Morgan fingerprint density at radius 2 is 1.84 bits per heavy atom. The second-order valence-electron chi connectivity index (χ2n) is 5.03. The zero-order valence-corrected chi connectivity index (χ0v) is 13.4. The minimum absolute atomic E-state index is 0.270. The van der Waals surface area contributed by atoms with Crippen LogP contribution in [0.5, 0.6) is 0 Å². The van der Waals surface area contributed by atoms with Crippen LogP contribution in [0.4, 0.5) is 0 Å². The van der Waals surface area contributed by atoms with E-state index in [4.69, 9.17) is 4.42 Å². The van der Waals surface area contributed by atoms with E-state index >= 15 is 0 Å². The van der Waals surface area contributed by atoms with Crippen molar-refractivity contribution in [3.05, 3.63) is 57.5 Å². The standard InChI is InChI=1S/C16H20BrNO/c1-10-8-16(13(4)19-10)12(3)18-11(2)14-6-5-7-15(17)9-14/h5-9,11-12,18H,1-4H3/t11-,12?/m1/s1. The summed E-state index contributed by atoms with van der Waals surface area (Å²) >= 11 is 3.51. The maximum atomic E-state index is 5.59. The minimum atomic E-state index is 0.270. The molecule has 0 spiro atoms. The third-order valence-corrected chi connectivity index (χ3v) is 3.89. The van der Waals surface area contributed by atoms with Gasteiger partial charge >= 0.3 is 0 Å². The number of hydrogen-bond acceptors (Lipinski definition) is 2. The summed E-state index contributed by atoms with van der Waals surface area (Å²) in [6.45, 7) is 8.36. The van der Waals surface area contributed by atoms with E-state index in [1.807, 2.05) is 19.9 Å². The Bertz CT molecular complexity index is 562. The molecule has 102 valence electrons. The summed E-state index contributed by atoms with van der Waals surface area (Å²) in [5, 5.41) is 3.61. The van der Waals surface area contributed by atoms with Crippen molar-refractivity contribution in [3.63, 3.8) is 0 Å². The van der Waals surface area contributed by atoms with Crippen molar-refractivity contribution in [2.24, 2.45) is 0 Å². The number of hydrogen-bond donors (Lipinski definition) is 1. The fraction of sp³-hybridized carbons (Fsp3) is 0.375. The predicted molar refractivity (Wildman–Crippen MR) is 82.3 cm³/mol. The van der Waals surface area contributed by atoms with Crippen molar-refractivity contribution in [1.82, 2.24) is 5.32 Å². The lowest BCUT2D eigenvalue weighted by atomic mass is 10.0. The monoisotopic (exact) mass is 321 g/mol. The molecular formula is C16H20BrNO. The van der Waals surface area contributed by atoms with E-state index in [2.05, 4.69) is 59.4 Å². The van der Waals surface area contributed by atoms with Gasteiger partial charge in [-0.25, -0.2) is 0 Å². The second kappa shape index (κ2) is 5.93. The molecule has 2 rings (SSSR count). The molecule has 2 nitrogen and oxygen atoms in total. The number of halogens is 1. The summed E-state index contributed by atoms with van der Waals surface area (Å²) in [6.07, 6.45) is 0. The zero-order valence-electron chi connectivity index (χ0n) is 11.8. The summed E-state index contributed by atoms with van der Waals surface area (Å²) in [7, 11) is 0. The van der Waals surface area contributed by atoms with Crippen molar-refractivity contribution in [2.45, 2.75) is 39.8 Å². The molecule has 1 heterocycles. The first-order chi connectivity index (χ1) is 8.97. The summed E-state index contributed by atoms with van der Waals surface area (Å²) in [5.41, 5.74) is 2.51. The van der Waals surface area contributed by atoms with Gasteiger partial charge in [-0.3, -0.25) is 0 Å². The van der Waals surface area contributed by atoms with Crippen LogP contribution in [0, 0.1) is 13.8 Å². The van der Waals surface area contributed by atoms with Gasteiger partial charge in [0.25, 0.3) is 0 Å². The highest BCUT2D eigenvalue weighted by Crippen LogP contribution is 2.25. The molecule has 0 saturated carbocycles. The van der Waals surface area contributed by atoms with Crippen molar-refractivity contribution >= 4 is 15.9 Å². The second-order valence-corrected chi connectivity index (χ2v) is 5.95. The fourth-order valence-electron chi connectivity index (χ4n) is 2.42. The summed E-state index contributed by atoms with van der Waals surface area (Å²) in [5.74, 6) is 1.97. The topological polar surface area (TPSA) is 25.2 Å². The first-order valence-corrected chi connectivity index (χ1v) is 7.35. The molecule has 19 heavy (non-hydrogen) atoms. The van der Waals surface area contributed by atoms with Gasteiger partial charge in [0.05, 0.1) is 0 Å². The Balaban J connectivity index is 2.10. The average Bonchev–Trinajstić information content (AvgIpc) is 2.68. The van der Waals surface area contributed by atoms with Crippen LogP contribution in [0.15, 0.2) is 39.2 Å². The third-order valence-electron chi connectivity index (χ3n) is 3.39. The molecule has 3 heteroatoms. The van der Waals surface area contributed by atoms with E-state index in [0.29, 0.717) is 6.04 Å². The van der Waals surface area contributed by atoms with Gasteiger partial charge in [0, 0.05) is 22.1 Å². The van der Waals surface area contributed by atoms with Crippen LogP contribution in [0.2, 0.25) is 0 Å². The lowest BCUT2D eigenvalue weighted by Gasteiger charge is -2.20. The average molecular weight is 322 g/mol. The fourth-order valence-corrected chi connectivity index (χ4v) is 2.83. The van der Waals surface area contributed by atoms with Gasteiger partial charge in [-0.15, -0.1) is 0 Å². The predicted octanol–water partition coefficient (Wildman–Crippen LogP) is 5.07. The number of rotatable bonds is 4. The van der Waals surface area contributed by atoms with Gasteiger partial charge in [-0.05, 0) is 51.5 Å². The Morgan fingerprint density at radius 3 is 2.42 bits per heavy atom. The zero-order chi connectivity index (χ0) is 14.0. The van der Waals surface area contributed by atoms with E-state index in [0.717, 1.165) is 16.0 Å². The molecule has 0 aliphatic rings. The Labute approximate surface area is 123 Å². The van der Waals surface area contributed by atoms with Crippen LogP contribution in [-0.2, 0) is 0 Å². The van der Waals surface area contributed by atoms with E-state index in [9.17, 15) is 0 Å². The van der Waals surface area contributed by atoms with E-state index in [1.165, 1.54) is 11.1 Å². The molecule has 0 saturated heterocycles. The number of aryl methyl sites for hydroxylation is 2. The Kier molecular flexibility index (Phi) is 4.48. The summed E-state index contributed by atoms with van der Waals surface area (Å²) in [6, 6.07) is 11.1. The smallest absolute Gasteiger partial charge is 0.105 e. The lowest BCUT2D eigenvalue weighted by Crippen LogP contribution is -2.22. The molecular weight excluding hydrogens is 302 g/mol. The van der Waals surface area contributed by atoms with Crippen LogP contribution in [0.25, 0.3) is 0 Å². The van der Waals surface area contributed by atoms with E-state index in [-0.39, 0.29) is 6.04 Å². The molecule has 0 radical (unpaired) electrons. The van der Waals surface area contributed by atoms with Gasteiger partial charge in [0.15, 0.2) is 0 Å². The van der Waals surface area contributed by atoms with Crippen LogP contribution in [-0.4, -0.2) is 0 Å². The minimum Gasteiger partial charge on any atom is -0.466 e. The highest BCUT2D eigenvalue weighted by Gasteiger charge is 2.15. The quantitative estimate of drug-likeness (QED) is 0.850. The van der Waals surface area contributed by atoms with E-state index in [1.54, 1.807) is 0 Å². The van der Waals surface area contributed by atoms with Gasteiger partial charge in [0.1, 0.15) is 11.5 Å².